The van der Waals surface area contributed by atoms with E-state index in [0.717, 1.165) is 22.3 Å². The van der Waals surface area contributed by atoms with Crippen LogP contribution in [-0.2, 0) is 10.0 Å². The van der Waals surface area contributed by atoms with Crippen molar-refractivity contribution in [2.45, 2.75) is 64.8 Å². The number of nitrogens with one attached hydrogen (secondary N) is 1. The fourth-order valence-electron chi connectivity index (χ4n) is 3.34. The van der Waals surface area contributed by atoms with Gasteiger partial charge in [0.25, 0.3) is 0 Å². The van der Waals surface area contributed by atoms with Crippen molar-refractivity contribution >= 4 is 10.0 Å². The quantitative estimate of drug-likeness (QED) is 0.774. The van der Waals surface area contributed by atoms with Gasteiger partial charge in [-0.1, -0.05) is 62.7 Å². The maximum Gasteiger partial charge on any atom is 0.241 e. The zero-order valence-corrected chi connectivity index (χ0v) is 16.9. The summed E-state index contributed by atoms with van der Waals surface area (Å²) in [5, 5.41) is 0. The normalized spacial score (nSPS) is 13.2. The second-order valence-corrected chi connectivity index (χ2v) is 8.78. The smallest absolute Gasteiger partial charge is 0.207 e. The van der Waals surface area contributed by atoms with Crippen LogP contribution in [0.1, 0.15) is 67.0 Å². The monoisotopic (exact) mass is 359 g/mol. The molecule has 1 unspecified atom stereocenters. The molecule has 2 rings (SSSR count). The average molecular weight is 360 g/mol. The molecule has 0 bridgehead atoms. The highest BCUT2D eigenvalue weighted by Crippen LogP contribution is 2.26. The van der Waals surface area contributed by atoms with E-state index in [-0.39, 0.29) is 6.04 Å². The number of rotatable bonds is 6. The molecule has 1 atom stereocenters. The molecule has 0 spiro atoms. The van der Waals surface area contributed by atoms with Crippen molar-refractivity contribution in [3.8, 4) is 0 Å². The topological polar surface area (TPSA) is 46.2 Å². The molecule has 0 aliphatic heterocycles. The molecule has 0 fully saturated rings. The second kappa shape index (κ2) is 7.71. The van der Waals surface area contributed by atoms with E-state index in [1.54, 1.807) is 0 Å². The number of hydrogen-bond donors (Lipinski definition) is 1. The van der Waals surface area contributed by atoms with Gasteiger partial charge in [0.1, 0.15) is 0 Å². The molecule has 25 heavy (non-hydrogen) atoms. The summed E-state index contributed by atoms with van der Waals surface area (Å²) in [7, 11) is -3.57. The Morgan fingerprint density at radius 2 is 1.40 bits per heavy atom. The van der Waals surface area contributed by atoms with E-state index in [2.05, 4.69) is 30.7 Å². The molecule has 0 aromatic heterocycles. The summed E-state index contributed by atoms with van der Waals surface area (Å²) < 4.78 is 28.9. The Kier molecular flexibility index (Phi) is 6.07. The van der Waals surface area contributed by atoms with Crippen LogP contribution in [-0.4, -0.2) is 8.42 Å². The van der Waals surface area contributed by atoms with Crippen LogP contribution in [0.15, 0.2) is 41.3 Å². The van der Waals surface area contributed by atoms with Gasteiger partial charge >= 0.3 is 0 Å². The highest BCUT2D eigenvalue weighted by atomic mass is 32.2. The zero-order chi connectivity index (χ0) is 18.8. The second-order valence-electron chi connectivity index (χ2n) is 7.13. The van der Waals surface area contributed by atoms with Gasteiger partial charge in [0.2, 0.25) is 10.0 Å². The predicted octanol–water partition coefficient (Wildman–Crippen LogP) is 5.16. The summed E-state index contributed by atoms with van der Waals surface area (Å²) in [5.41, 5.74) is 4.90. The molecule has 3 nitrogen and oxygen atoms in total. The molecule has 0 amide bonds. The molecule has 2 aromatic carbocycles. The Bertz CT molecular complexity index is 814. The van der Waals surface area contributed by atoms with Crippen LogP contribution >= 0.6 is 0 Å². The molecule has 0 aliphatic carbocycles. The Hall–Kier alpha value is -1.65. The van der Waals surface area contributed by atoms with Crippen molar-refractivity contribution in [1.82, 2.24) is 4.72 Å². The average Bonchev–Trinajstić information content (AvgIpc) is 2.51. The van der Waals surface area contributed by atoms with Gasteiger partial charge in [-0.25, -0.2) is 13.1 Å². The van der Waals surface area contributed by atoms with Crippen LogP contribution in [0.5, 0.6) is 0 Å². The number of sulfonamides is 1. The van der Waals surface area contributed by atoms with Crippen LogP contribution in [0, 0.1) is 20.8 Å². The molecule has 136 valence electrons. The molecule has 0 aliphatic rings. The first-order chi connectivity index (χ1) is 11.7. The molecule has 0 heterocycles. The van der Waals surface area contributed by atoms with E-state index in [1.807, 2.05) is 52.0 Å². The van der Waals surface area contributed by atoms with E-state index in [4.69, 9.17) is 0 Å². The summed E-state index contributed by atoms with van der Waals surface area (Å²) in [6.45, 7) is 12.0. The van der Waals surface area contributed by atoms with Crippen LogP contribution in [0.2, 0.25) is 0 Å². The van der Waals surface area contributed by atoms with Crippen molar-refractivity contribution in [3.05, 3.63) is 64.2 Å². The van der Waals surface area contributed by atoms with E-state index < -0.39 is 10.0 Å². The van der Waals surface area contributed by atoms with E-state index in [9.17, 15) is 8.42 Å². The highest BCUT2D eigenvalue weighted by molar-refractivity contribution is 7.89. The van der Waals surface area contributed by atoms with Gasteiger partial charge in [-0.3, -0.25) is 0 Å². The maximum atomic E-state index is 13.0. The largest absolute Gasteiger partial charge is 0.241 e. The summed E-state index contributed by atoms with van der Waals surface area (Å²) >= 11 is 0. The Morgan fingerprint density at radius 1 is 0.920 bits per heavy atom. The summed E-state index contributed by atoms with van der Waals surface area (Å²) in [6.07, 6.45) is 0.699. The van der Waals surface area contributed by atoms with Crippen molar-refractivity contribution in [1.29, 1.82) is 0 Å². The van der Waals surface area contributed by atoms with Gasteiger partial charge in [0, 0.05) is 6.04 Å². The van der Waals surface area contributed by atoms with Crippen LogP contribution in [0.4, 0.5) is 0 Å². The minimum Gasteiger partial charge on any atom is -0.207 e. The summed E-state index contributed by atoms with van der Waals surface area (Å²) in [5.74, 6) is 0.462. The number of hydrogen-bond acceptors (Lipinski definition) is 2. The zero-order valence-electron chi connectivity index (χ0n) is 16.1. The first kappa shape index (κ1) is 19.7. The number of benzene rings is 2. The molecule has 0 saturated heterocycles. The third-order valence-corrected chi connectivity index (χ3v) is 6.36. The van der Waals surface area contributed by atoms with E-state index in [0.29, 0.717) is 17.2 Å². The van der Waals surface area contributed by atoms with Gasteiger partial charge in [0.05, 0.1) is 4.90 Å². The molecular weight excluding hydrogens is 330 g/mol. The van der Waals surface area contributed by atoms with Gasteiger partial charge in [-0.15, -0.1) is 0 Å². The predicted molar refractivity (Wildman–Crippen MR) is 105 cm³/mol. The Labute approximate surface area is 152 Å². The fraction of sp³-hybridized carbons (Fsp3) is 0.429. The van der Waals surface area contributed by atoms with Gasteiger partial charge in [-0.2, -0.15) is 0 Å². The molecular formula is C21H29NO2S. The first-order valence-electron chi connectivity index (χ1n) is 8.85. The summed E-state index contributed by atoms with van der Waals surface area (Å²) in [4.78, 5) is 0.398. The fourth-order valence-corrected chi connectivity index (χ4v) is 5.10. The van der Waals surface area contributed by atoms with Gasteiger partial charge < -0.3 is 0 Å². The van der Waals surface area contributed by atoms with Crippen molar-refractivity contribution < 1.29 is 8.42 Å². The maximum absolute atomic E-state index is 13.0. The minimum absolute atomic E-state index is 0.230. The van der Waals surface area contributed by atoms with Gasteiger partial charge in [0.15, 0.2) is 0 Å². The van der Waals surface area contributed by atoms with Crippen LogP contribution < -0.4 is 4.72 Å². The highest BCUT2D eigenvalue weighted by Gasteiger charge is 2.24. The lowest BCUT2D eigenvalue weighted by molar-refractivity contribution is 0.549. The van der Waals surface area contributed by atoms with E-state index in [1.165, 1.54) is 5.56 Å². The van der Waals surface area contributed by atoms with Gasteiger partial charge in [-0.05, 0) is 55.4 Å². The molecule has 1 N–H and O–H groups in total. The summed E-state index contributed by atoms with van der Waals surface area (Å²) in [6, 6.07) is 11.8. The number of aryl methyl sites for hydroxylation is 3. The van der Waals surface area contributed by atoms with Crippen molar-refractivity contribution in [3.63, 3.8) is 0 Å². The van der Waals surface area contributed by atoms with Crippen LogP contribution in [0.3, 0.4) is 0 Å². The molecule has 4 heteroatoms. The Balaban J connectivity index is 2.34. The van der Waals surface area contributed by atoms with Crippen molar-refractivity contribution in [2.75, 3.05) is 0 Å². The molecule has 0 saturated carbocycles. The lowest BCUT2D eigenvalue weighted by Crippen LogP contribution is -2.29. The minimum atomic E-state index is -3.57. The van der Waals surface area contributed by atoms with Crippen LogP contribution in [0.25, 0.3) is 0 Å². The molecule has 0 radical (unpaired) electrons. The SMILES string of the molecule is CCC(NS(=O)(=O)c1c(C)cc(C)cc1C)c1ccc(C(C)C)cc1. The third-order valence-electron chi connectivity index (χ3n) is 4.58. The molecule has 2 aromatic rings. The lowest BCUT2D eigenvalue weighted by atomic mass is 9.98. The first-order valence-corrected chi connectivity index (χ1v) is 10.3. The lowest BCUT2D eigenvalue weighted by Gasteiger charge is -2.20. The van der Waals surface area contributed by atoms with Crippen molar-refractivity contribution in [2.24, 2.45) is 0 Å². The standard InChI is InChI=1S/C21H29NO2S/c1-7-20(19-10-8-18(9-11-19)14(2)3)22-25(23,24)21-16(5)12-15(4)13-17(21)6/h8-14,20,22H,7H2,1-6H3. The van der Waals surface area contributed by atoms with E-state index >= 15 is 0 Å². The third kappa shape index (κ3) is 4.50. The Morgan fingerprint density at radius 3 is 1.84 bits per heavy atom.